The zero-order valence-electron chi connectivity index (χ0n) is 14.9. The number of hydrogen-bond donors (Lipinski definition) is 1. The first-order valence-electron chi connectivity index (χ1n) is 9.03. The van der Waals surface area contributed by atoms with Gasteiger partial charge < -0.3 is 15.2 Å². The van der Waals surface area contributed by atoms with Crippen molar-refractivity contribution >= 4 is 22.8 Å². The van der Waals surface area contributed by atoms with Crippen molar-refractivity contribution < 1.29 is 4.79 Å². The normalized spacial score (nSPS) is 17.6. The first-order chi connectivity index (χ1) is 12.6. The number of benzene rings is 1. The molecule has 0 aliphatic carbocycles. The fourth-order valence-electron chi connectivity index (χ4n) is 3.85. The fourth-order valence-corrected chi connectivity index (χ4v) is 3.85. The van der Waals surface area contributed by atoms with E-state index < -0.39 is 0 Å². The highest BCUT2D eigenvalue weighted by Gasteiger charge is 2.26. The molecule has 134 valence electrons. The SMILES string of the molecule is Cc1cc2ccccc2n1CC(=O)N1CCCC(c2ccnc(N)n2)C1. The van der Waals surface area contributed by atoms with Crippen LogP contribution in [0.15, 0.2) is 42.6 Å². The van der Waals surface area contributed by atoms with Gasteiger partial charge in [0.2, 0.25) is 11.9 Å². The molecule has 2 aromatic heterocycles. The van der Waals surface area contributed by atoms with Crippen molar-refractivity contribution in [1.29, 1.82) is 0 Å². The molecule has 1 amide bonds. The first kappa shape index (κ1) is 16.6. The van der Waals surface area contributed by atoms with Gasteiger partial charge >= 0.3 is 0 Å². The van der Waals surface area contributed by atoms with Crippen LogP contribution in [0, 0.1) is 6.92 Å². The molecule has 0 saturated carbocycles. The second kappa shape index (κ2) is 6.78. The van der Waals surface area contributed by atoms with Crippen molar-refractivity contribution in [2.24, 2.45) is 0 Å². The lowest BCUT2D eigenvalue weighted by Gasteiger charge is -2.32. The molecule has 1 unspecified atom stereocenters. The summed E-state index contributed by atoms with van der Waals surface area (Å²) in [5, 5.41) is 1.17. The lowest BCUT2D eigenvalue weighted by atomic mass is 9.94. The zero-order chi connectivity index (χ0) is 18.1. The molecule has 6 nitrogen and oxygen atoms in total. The topological polar surface area (TPSA) is 77.0 Å². The first-order valence-corrected chi connectivity index (χ1v) is 9.03. The smallest absolute Gasteiger partial charge is 0.242 e. The summed E-state index contributed by atoms with van der Waals surface area (Å²) in [5.41, 5.74) is 8.86. The Morgan fingerprint density at radius 3 is 3.00 bits per heavy atom. The molecule has 4 rings (SSSR count). The highest BCUT2D eigenvalue weighted by molar-refractivity contribution is 5.84. The number of aromatic nitrogens is 3. The Morgan fingerprint density at radius 1 is 1.31 bits per heavy atom. The minimum Gasteiger partial charge on any atom is -0.368 e. The molecular weight excluding hydrogens is 326 g/mol. The van der Waals surface area contributed by atoms with E-state index in [1.165, 1.54) is 5.39 Å². The average molecular weight is 349 g/mol. The molecule has 1 fully saturated rings. The van der Waals surface area contributed by atoms with Gasteiger partial charge in [-0.25, -0.2) is 9.97 Å². The number of nitrogens with zero attached hydrogens (tertiary/aromatic N) is 4. The summed E-state index contributed by atoms with van der Waals surface area (Å²) in [7, 11) is 0. The van der Waals surface area contributed by atoms with E-state index in [0.717, 1.165) is 36.3 Å². The van der Waals surface area contributed by atoms with E-state index in [1.54, 1.807) is 6.20 Å². The number of nitrogen functional groups attached to an aromatic ring is 1. The summed E-state index contributed by atoms with van der Waals surface area (Å²) in [6, 6.07) is 12.2. The maximum Gasteiger partial charge on any atom is 0.242 e. The van der Waals surface area contributed by atoms with Crippen LogP contribution >= 0.6 is 0 Å². The quantitative estimate of drug-likeness (QED) is 0.789. The number of anilines is 1. The van der Waals surface area contributed by atoms with Gasteiger partial charge in [0.15, 0.2) is 0 Å². The summed E-state index contributed by atoms with van der Waals surface area (Å²) in [6.07, 6.45) is 3.69. The number of rotatable bonds is 3. The Kier molecular flexibility index (Phi) is 4.32. The maximum atomic E-state index is 13.0. The van der Waals surface area contributed by atoms with Gasteiger partial charge in [-0.1, -0.05) is 18.2 Å². The molecule has 6 heteroatoms. The number of para-hydroxylation sites is 1. The van der Waals surface area contributed by atoms with Gasteiger partial charge in [0.05, 0.1) is 5.69 Å². The van der Waals surface area contributed by atoms with Gasteiger partial charge in [0.1, 0.15) is 6.54 Å². The molecule has 3 heterocycles. The van der Waals surface area contributed by atoms with E-state index in [-0.39, 0.29) is 11.8 Å². The van der Waals surface area contributed by atoms with E-state index in [2.05, 4.69) is 39.7 Å². The number of piperidine rings is 1. The van der Waals surface area contributed by atoms with Gasteiger partial charge in [0.25, 0.3) is 0 Å². The molecule has 3 aromatic rings. The Bertz CT molecular complexity index is 948. The maximum absolute atomic E-state index is 13.0. The second-order valence-corrected chi connectivity index (χ2v) is 6.95. The van der Waals surface area contributed by atoms with Crippen LogP contribution in [0.25, 0.3) is 10.9 Å². The van der Waals surface area contributed by atoms with Crippen molar-refractivity contribution in [3.63, 3.8) is 0 Å². The fraction of sp³-hybridized carbons (Fsp3) is 0.350. The van der Waals surface area contributed by atoms with Crippen LogP contribution in [0.3, 0.4) is 0 Å². The van der Waals surface area contributed by atoms with E-state index >= 15 is 0 Å². The number of fused-ring (bicyclic) bond motifs is 1. The zero-order valence-corrected chi connectivity index (χ0v) is 14.9. The van der Waals surface area contributed by atoms with Crippen LogP contribution in [0.2, 0.25) is 0 Å². The summed E-state index contributed by atoms with van der Waals surface area (Å²) < 4.78 is 2.10. The lowest BCUT2D eigenvalue weighted by molar-refractivity contribution is -0.133. The number of carbonyl (C=O) groups excluding carboxylic acids is 1. The third kappa shape index (κ3) is 3.14. The van der Waals surface area contributed by atoms with Crippen molar-refractivity contribution in [2.75, 3.05) is 18.8 Å². The van der Waals surface area contributed by atoms with Gasteiger partial charge in [-0.3, -0.25) is 4.79 Å². The van der Waals surface area contributed by atoms with Crippen LogP contribution in [-0.4, -0.2) is 38.4 Å². The Balaban J connectivity index is 1.51. The van der Waals surface area contributed by atoms with E-state index in [9.17, 15) is 4.79 Å². The summed E-state index contributed by atoms with van der Waals surface area (Å²) in [5.74, 6) is 0.669. The molecule has 26 heavy (non-hydrogen) atoms. The predicted molar refractivity (Wildman–Crippen MR) is 102 cm³/mol. The number of nitrogens with two attached hydrogens (primary N) is 1. The van der Waals surface area contributed by atoms with Gasteiger partial charge in [-0.05, 0) is 43.4 Å². The largest absolute Gasteiger partial charge is 0.368 e. The van der Waals surface area contributed by atoms with Crippen molar-refractivity contribution in [3.8, 4) is 0 Å². The summed E-state index contributed by atoms with van der Waals surface area (Å²) >= 11 is 0. The van der Waals surface area contributed by atoms with Gasteiger partial charge in [0, 0.05) is 36.4 Å². The van der Waals surface area contributed by atoms with E-state index in [0.29, 0.717) is 19.0 Å². The van der Waals surface area contributed by atoms with Crippen molar-refractivity contribution in [1.82, 2.24) is 19.4 Å². The van der Waals surface area contributed by atoms with Crippen LogP contribution in [0.4, 0.5) is 5.95 Å². The highest BCUT2D eigenvalue weighted by atomic mass is 16.2. The molecule has 0 radical (unpaired) electrons. The molecular formula is C20H23N5O. The molecule has 0 bridgehead atoms. The number of amides is 1. The van der Waals surface area contributed by atoms with Gasteiger partial charge in [-0.15, -0.1) is 0 Å². The van der Waals surface area contributed by atoms with Crippen LogP contribution < -0.4 is 5.73 Å². The third-order valence-corrected chi connectivity index (χ3v) is 5.20. The Labute approximate surface area is 152 Å². The van der Waals surface area contributed by atoms with Gasteiger partial charge in [-0.2, -0.15) is 0 Å². The van der Waals surface area contributed by atoms with Crippen LogP contribution in [0.5, 0.6) is 0 Å². The third-order valence-electron chi connectivity index (χ3n) is 5.20. The van der Waals surface area contributed by atoms with Crippen LogP contribution in [0.1, 0.15) is 30.1 Å². The van der Waals surface area contributed by atoms with Crippen molar-refractivity contribution in [2.45, 2.75) is 32.2 Å². The standard InChI is InChI=1S/C20H23N5O/c1-14-11-15-5-2-3-7-18(15)25(14)13-19(26)24-10-4-6-16(12-24)17-8-9-22-20(21)23-17/h2-3,5,7-9,11,16H,4,6,10,12-13H2,1H3,(H2,21,22,23). The molecule has 1 atom stereocenters. The van der Waals surface area contributed by atoms with E-state index in [4.69, 9.17) is 5.73 Å². The summed E-state index contributed by atoms with van der Waals surface area (Å²) in [6.45, 7) is 3.91. The molecule has 2 N–H and O–H groups in total. The molecule has 1 saturated heterocycles. The van der Waals surface area contributed by atoms with Crippen molar-refractivity contribution in [3.05, 3.63) is 54.0 Å². The number of likely N-dealkylation sites (tertiary alicyclic amines) is 1. The molecule has 1 aliphatic rings. The lowest BCUT2D eigenvalue weighted by Crippen LogP contribution is -2.41. The number of hydrogen-bond acceptors (Lipinski definition) is 4. The molecule has 1 aromatic carbocycles. The second-order valence-electron chi connectivity index (χ2n) is 6.95. The Morgan fingerprint density at radius 2 is 2.15 bits per heavy atom. The highest BCUT2D eigenvalue weighted by Crippen LogP contribution is 2.26. The average Bonchev–Trinajstić information content (AvgIpc) is 2.97. The number of aryl methyl sites for hydroxylation is 1. The molecule has 1 aliphatic heterocycles. The number of carbonyl (C=O) groups is 1. The van der Waals surface area contributed by atoms with E-state index in [1.807, 2.05) is 23.1 Å². The minimum absolute atomic E-state index is 0.154. The molecule has 0 spiro atoms. The monoisotopic (exact) mass is 349 g/mol. The van der Waals surface area contributed by atoms with Crippen LogP contribution in [-0.2, 0) is 11.3 Å². The summed E-state index contributed by atoms with van der Waals surface area (Å²) in [4.78, 5) is 23.2. The predicted octanol–water partition coefficient (Wildman–Crippen LogP) is 2.73. The minimum atomic E-state index is 0.154. The Hall–Kier alpha value is -2.89.